The first kappa shape index (κ1) is 39.1. The number of esters is 1. The third-order valence-electron chi connectivity index (χ3n) is 11.3. The Morgan fingerprint density at radius 3 is 2.22 bits per heavy atom. The maximum atomic E-state index is 13.8. The number of hydrogen-bond acceptors (Lipinski definition) is 12. The van der Waals surface area contributed by atoms with E-state index in [-0.39, 0.29) is 43.1 Å². The van der Waals surface area contributed by atoms with Gasteiger partial charge in [0, 0.05) is 38.3 Å². The van der Waals surface area contributed by atoms with Crippen LogP contribution in [0, 0.1) is 29.6 Å². The average Bonchev–Trinajstić information content (AvgIpc) is 3.52. The number of oxime groups is 1. The van der Waals surface area contributed by atoms with E-state index in [0.717, 1.165) is 13.0 Å². The van der Waals surface area contributed by atoms with E-state index in [9.17, 15) is 25.2 Å². The Morgan fingerprint density at radius 2 is 1.65 bits per heavy atom. The van der Waals surface area contributed by atoms with Crippen LogP contribution in [0.15, 0.2) is 5.16 Å². The van der Waals surface area contributed by atoms with E-state index in [0.29, 0.717) is 12.3 Å². The molecule has 0 aromatic heterocycles. The van der Waals surface area contributed by atoms with E-state index in [1.54, 1.807) is 41.5 Å². The highest BCUT2D eigenvalue weighted by Gasteiger charge is 2.51. The van der Waals surface area contributed by atoms with Gasteiger partial charge in [-0.3, -0.25) is 4.79 Å². The summed E-state index contributed by atoms with van der Waals surface area (Å²) in [6, 6.07) is 0. The SMILES string of the molecule is CC[C@H]1OC(=O)[C@H](C)[C@@H](O[C@H]2C[C@@](C)(OC)[C@@H](O)[C@H](C)O2)[C@H](C)[C@@H](C)[C@](C)(O)C[C@@H](C)/C(=N\OC2CCNC2)[C@H](C)[C@@H](O)[C@]1(C)O. The van der Waals surface area contributed by atoms with Gasteiger partial charge in [0.2, 0.25) is 0 Å². The molecule has 3 aliphatic heterocycles. The van der Waals surface area contributed by atoms with Crippen LogP contribution in [0.25, 0.3) is 0 Å². The summed E-state index contributed by atoms with van der Waals surface area (Å²) in [6.07, 6.45) is -4.04. The number of rotatable bonds is 6. The number of nitrogens with one attached hydrogen (secondary N) is 1. The fraction of sp³-hybridized carbons (Fsp3) is 0.941. The highest BCUT2D eigenvalue weighted by Crippen LogP contribution is 2.40. The molecule has 15 atom stereocenters. The highest BCUT2D eigenvalue weighted by atomic mass is 16.7. The number of cyclic esters (lactones) is 1. The molecule has 0 aliphatic carbocycles. The maximum Gasteiger partial charge on any atom is 0.311 e. The van der Waals surface area contributed by atoms with Crippen LogP contribution in [-0.2, 0) is 28.6 Å². The van der Waals surface area contributed by atoms with Gasteiger partial charge in [-0.2, -0.15) is 0 Å². The van der Waals surface area contributed by atoms with E-state index < -0.39 is 71.4 Å². The third-order valence-corrected chi connectivity index (χ3v) is 11.3. The molecule has 3 rings (SSSR count). The Kier molecular flexibility index (Phi) is 13.1. The van der Waals surface area contributed by atoms with Gasteiger partial charge in [0.1, 0.15) is 23.9 Å². The molecule has 0 radical (unpaired) electrons. The lowest BCUT2D eigenvalue weighted by atomic mass is 9.70. The standard InChI is InChI=1S/C34H62N2O10/c1-12-25-34(10,41)29(37)20(4)27(36-46-24-13-14-35-17-24)18(2)15-32(8,40)22(6)19(3)28(21(5)31(39)44-25)45-26-16-33(9,42-11)30(38)23(7)43-26/h18-26,28-30,35,37-38,40-41H,12-17H2,1-11H3/b36-27+/t18-,19-,20+,21-,22-,23+,24?,25-,26+,28+,29-,30+,32-,33-,34-/m1/s1. The molecular formula is C34H62N2O10. The largest absolute Gasteiger partial charge is 0.459 e. The Morgan fingerprint density at radius 1 is 1.00 bits per heavy atom. The summed E-state index contributed by atoms with van der Waals surface area (Å²) in [7, 11) is 1.53. The van der Waals surface area contributed by atoms with Gasteiger partial charge in [-0.15, -0.1) is 0 Å². The van der Waals surface area contributed by atoms with Crippen LogP contribution in [0.1, 0.15) is 94.9 Å². The molecule has 12 heteroatoms. The van der Waals surface area contributed by atoms with E-state index in [1.165, 1.54) is 14.0 Å². The van der Waals surface area contributed by atoms with E-state index in [4.69, 9.17) is 23.8 Å². The summed E-state index contributed by atoms with van der Waals surface area (Å²) in [6.45, 7) is 19.3. The molecule has 0 aromatic carbocycles. The van der Waals surface area contributed by atoms with Crippen molar-refractivity contribution in [2.24, 2.45) is 34.7 Å². The molecule has 3 aliphatic rings. The molecule has 46 heavy (non-hydrogen) atoms. The van der Waals surface area contributed by atoms with Gasteiger partial charge >= 0.3 is 5.97 Å². The second-order valence-electron chi connectivity index (χ2n) is 15.0. The summed E-state index contributed by atoms with van der Waals surface area (Å²) in [5.74, 6) is -3.22. The zero-order valence-corrected chi connectivity index (χ0v) is 29.9. The third kappa shape index (κ3) is 8.42. The predicted molar refractivity (Wildman–Crippen MR) is 173 cm³/mol. The van der Waals surface area contributed by atoms with Crippen molar-refractivity contribution in [2.75, 3.05) is 20.2 Å². The van der Waals surface area contributed by atoms with Crippen LogP contribution in [-0.4, -0.2) is 112 Å². The van der Waals surface area contributed by atoms with Gasteiger partial charge in [-0.25, -0.2) is 0 Å². The quantitative estimate of drug-likeness (QED) is 0.210. The zero-order chi connectivity index (χ0) is 34.8. The van der Waals surface area contributed by atoms with Crippen molar-refractivity contribution in [1.82, 2.24) is 5.32 Å². The van der Waals surface area contributed by atoms with Crippen molar-refractivity contribution in [3.05, 3.63) is 0 Å². The molecule has 3 heterocycles. The fourth-order valence-corrected chi connectivity index (χ4v) is 7.56. The first-order chi connectivity index (χ1) is 21.3. The Hall–Kier alpha value is -1.38. The molecule has 0 bridgehead atoms. The molecule has 5 N–H and O–H groups in total. The number of methoxy groups -OCH3 is 1. The van der Waals surface area contributed by atoms with Gasteiger partial charge in [-0.05, 0) is 65.8 Å². The van der Waals surface area contributed by atoms with Crippen molar-refractivity contribution >= 4 is 11.7 Å². The predicted octanol–water partition coefficient (Wildman–Crippen LogP) is 2.78. The van der Waals surface area contributed by atoms with Crippen LogP contribution in [0.2, 0.25) is 0 Å². The molecule has 3 fully saturated rings. The Bertz CT molecular complexity index is 1030. The van der Waals surface area contributed by atoms with Crippen molar-refractivity contribution in [1.29, 1.82) is 0 Å². The van der Waals surface area contributed by atoms with Crippen molar-refractivity contribution < 1.29 is 49.0 Å². The molecule has 268 valence electrons. The minimum Gasteiger partial charge on any atom is -0.459 e. The number of hydrogen-bond donors (Lipinski definition) is 5. The second-order valence-corrected chi connectivity index (χ2v) is 15.0. The number of carbonyl (C=O) groups excluding carboxylic acids is 1. The first-order valence-electron chi connectivity index (χ1n) is 17.1. The zero-order valence-electron chi connectivity index (χ0n) is 29.9. The van der Waals surface area contributed by atoms with Crippen molar-refractivity contribution in [3.63, 3.8) is 0 Å². The highest BCUT2D eigenvalue weighted by molar-refractivity contribution is 5.88. The van der Waals surface area contributed by atoms with Crippen LogP contribution in [0.5, 0.6) is 0 Å². The van der Waals surface area contributed by atoms with Crippen LogP contribution < -0.4 is 5.32 Å². The minimum absolute atomic E-state index is 0.119. The van der Waals surface area contributed by atoms with Gasteiger partial charge in [0.25, 0.3) is 0 Å². The molecule has 0 spiro atoms. The first-order valence-corrected chi connectivity index (χ1v) is 17.1. The Labute approximate surface area is 275 Å². The maximum absolute atomic E-state index is 13.8. The minimum atomic E-state index is -1.83. The monoisotopic (exact) mass is 658 g/mol. The van der Waals surface area contributed by atoms with Gasteiger partial charge in [-0.1, -0.05) is 39.8 Å². The molecule has 1 unspecified atom stereocenters. The molecule has 12 nitrogen and oxygen atoms in total. The van der Waals surface area contributed by atoms with E-state index in [1.807, 2.05) is 20.8 Å². The number of carbonyl (C=O) groups is 1. The topological polar surface area (TPSA) is 169 Å². The number of ether oxygens (including phenoxy) is 4. The molecule has 3 saturated heterocycles. The molecule has 0 saturated carbocycles. The van der Waals surface area contributed by atoms with Crippen LogP contribution in [0.3, 0.4) is 0 Å². The number of nitrogens with zero attached hydrogens (tertiary/aromatic N) is 1. The molecule has 0 amide bonds. The second kappa shape index (κ2) is 15.4. The van der Waals surface area contributed by atoms with Gasteiger partial charge in [0.15, 0.2) is 6.29 Å². The van der Waals surface area contributed by atoms with Gasteiger partial charge in [0.05, 0.1) is 41.1 Å². The smallest absolute Gasteiger partial charge is 0.311 e. The summed E-state index contributed by atoms with van der Waals surface area (Å²) >= 11 is 0. The fourth-order valence-electron chi connectivity index (χ4n) is 7.56. The lowest BCUT2D eigenvalue weighted by Gasteiger charge is -2.47. The van der Waals surface area contributed by atoms with E-state index >= 15 is 0 Å². The summed E-state index contributed by atoms with van der Waals surface area (Å²) in [4.78, 5) is 19.8. The average molecular weight is 659 g/mol. The number of aliphatic hydroxyl groups excluding tert-OH is 2. The Balaban J connectivity index is 2.05. The molecule has 0 aromatic rings. The van der Waals surface area contributed by atoms with Crippen LogP contribution in [0.4, 0.5) is 0 Å². The van der Waals surface area contributed by atoms with Crippen molar-refractivity contribution in [2.45, 2.75) is 155 Å². The van der Waals surface area contributed by atoms with E-state index in [2.05, 4.69) is 10.5 Å². The normalized spacial score (nSPS) is 49.4. The summed E-state index contributed by atoms with van der Waals surface area (Å²) in [5, 5.41) is 54.0. The summed E-state index contributed by atoms with van der Waals surface area (Å²) in [5.41, 5.74) is -3.52. The van der Waals surface area contributed by atoms with Crippen molar-refractivity contribution in [3.8, 4) is 0 Å². The van der Waals surface area contributed by atoms with Gasteiger partial charge < -0.3 is 49.5 Å². The lowest BCUT2D eigenvalue weighted by molar-refractivity contribution is -0.298. The number of aliphatic hydroxyl groups is 4. The molecular weight excluding hydrogens is 596 g/mol. The lowest BCUT2D eigenvalue weighted by Crippen LogP contribution is -2.58. The van der Waals surface area contributed by atoms with Crippen LogP contribution >= 0.6 is 0 Å². The summed E-state index contributed by atoms with van der Waals surface area (Å²) < 4.78 is 24.3.